The molecule has 43 heavy (non-hydrogen) atoms. The van der Waals surface area contributed by atoms with Gasteiger partial charge in [-0.2, -0.15) is 0 Å². The highest BCUT2D eigenvalue weighted by molar-refractivity contribution is 6.99. The van der Waals surface area contributed by atoms with Gasteiger partial charge in [-0.25, -0.2) is 4.39 Å². The fraction of sp³-hybridized carbons (Fsp3) is 0.500. The quantitative estimate of drug-likeness (QED) is 0.323. The lowest BCUT2D eigenvalue weighted by Crippen LogP contribution is -2.67. The first kappa shape index (κ1) is 30.6. The lowest BCUT2D eigenvalue weighted by molar-refractivity contribution is -0.198. The van der Waals surface area contributed by atoms with Crippen LogP contribution in [0.1, 0.15) is 58.4 Å². The third-order valence-corrected chi connectivity index (χ3v) is 15.1. The van der Waals surface area contributed by atoms with E-state index < -0.39 is 20.0 Å². The Balaban J connectivity index is 1.42. The van der Waals surface area contributed by atoms with Crippen LogP contribution in [0.5, 0.6) is 0 Å². The monoisotopic (exact) mass is 604 g/mol. The molecule has 0 radical (unpaired) electrons. The molecule has 2 heterocycles. The molecule has 1 N–H and O–H groups in total. The van der Waals surface area contributed by atoms with Crippen LogP contribution in [0.15, 0.2) is 84.9 Å². The number of rotatable bonds is 8. The smallest absolute Gasteiger partial charge is 0.261 e. The summed E-state index contributed by atoms with van der Waals surface area (Å²) in [7, 11) is -2.81. The molecule has 6 rings (SSSR count). The number of benzene rings is 3. The van der Waals surface area contributed by atoms with Crippen molar-refractivity contribution in [3.8, 4) is 0 Å². The van der Waals surface area contributed by atoms with Crippen molar-refractivity contribution in [1.82, 2.24) is 0 Å². The summed E-state index contributed by atoms with van der Waals surface area (Å²) in [6.07, 6.45) is 2.88. The van der Waals surface area contributed by atoms with Gasteiger partial charge in [0, 0.05) is 31.0 Å². The van der Waals surface area contributed by atoms with E-state index in [4.69, 9.17) is 18.6 Å². The molecule has 3 aromatic carbocycles. The van der Waals surface area contributed by atoms with Crippen LogP contribution in [0.25, 0.3) is 0 Å². The summed E-state index contributed by atoms with van der Waals surface area (Å²) in [4.78, 5) is 0. The minimum absolute atomic E-state index is 0.0178. The number of ether oxygens (including phenoxy) is 3. The second-order valence-electron chi connectivity index (χ2n) is 13.6. The molecule has 1 aliphatic carbocycles. The van der Waals surface area contributed by atoms with Crippen molar-refractivity contribution in [3.05, 3.63) is 96.3 Å². The van der Waals surface area contributed by atoms with Gasteiger partial charge < -0.3 is 23.7 Å². The fourth-order valence-electron chi connectivity index (χ4n) is 7.99. The molecule has 7 heteroatoms. The molecule has 5 nitrogen and oxygen atoms in total. The van der Waals surface area contributed by atoms with Gasteiger partial charge in [0.2, 0.25) is 0 Å². The first-order chi connectivity index (χ1) is 20.7. The van der Waals surface area contributed by atoms with Crippen LogP contribution in [0.2, 0.25) is 5.04 Å². The van der Waals surface area contributed by atoms with Crippen LogP contribution in [0, 0.1) is 17.7 Å². The molecule has 3 aromatic rings. The zero-order valence-corrected chi connectivity index (χ0v) is 26.6. The SMILES string of the molecule is CC(C)(C)[Si](OC[C@@H]1[C@H]2CC(O)OC[C@@]2(c2ccc(F)cc2)C[C@H]1OC1CCCCO1)(c1ccccc1)c1ccccc1. The van der Waals surface area contributed by atoms with Crippen molar-refractivity contribution in [2.75, 3.05) is 19.8 Å². The van der Waals surface area contributed by atoms with Crippen molar-refractivity contribution in [2.45, 2.75) is 82.0 Å². The summed E-state index contributed by atoms with van der Waals surface area (Å²) in [5, 5.41) is 13.1. The number of hydrogen-bond donors (Lipinski definition) is 1. The van der Waals surface area contributed by atoms with Gasteiger partial charge in [-0.3, -0.25) is 0 Å². The number of halogens is 1. The Hall–Kier alpha value is -2.39. The standard InChI is InChI=1S/C36H45FO5Si/c1-35(2,3)43(28-12-6-4-7-13-28,29-14-8-5-9-15-29)41-24-30-31-22-33(38)40-25-36(31,26-17-19-27(37)20-18-26)23-32(30)42-34-16-10-11-21-39-34/h4-9,12-15,17-20,30-34,38H,10-11,16,21-25H2,1-3H3/t30-,31-,32-,33?,34?,36-/m1/s1. The normalized spacial score (nSPS) is 29.7. The summed E-state index contributed by atoms with van der Waals surface area (Å²) in [5.74, 6) is -0.259. The van der Waals surface area contributed by atoms with E-state index in [1.165, 1.54) is 22.5 Å². The van der Waals surface area contributed by atoms with Crippen LogP contribution in [-0.2, 0) is 24.1 Å². The largest absolute Gasteiger partial charge is 0.407 e. The second-order valence-corrected chi connectivity index (χ2v) is 17.9. The van der Waals surface area contributed by atoms with E-state index in [0.29, 0.717) is 32.7 Å². The summed E-state index contributed by atoms with van der Waals surface area (Å²) < 4.78 is 40.4. The van der Waals surface area contributed by atoms with Crippen LogP contribution in [0.4, 0.5) is 4.39 Å². The molecule has 0 amide bonds. The average Bonchev–Trinajstić information content (AvgIpc) is 3.31. The van der Waals surface area contributed by atoms with Crippen molar-refractivity contribution in [1.29, 1.82) is 0 Å². The van der Waals surface area contributed by atoms with Crippen molar-refractivity contribution in [2.24, 2.45) is 11.8 Å². The van der Waals surface area contributed by atoms with Crippen LogP contribution >= 0.6 is 0 Å². The molecule has 230 valence electrons. The molecular weight excluding hydrogens is 559 g/mol. The van der Waals surface area contributed by atoms with E-state index >= 15 is 0 Å². The Bertz CT molecular complexity index is 1290. The van der Waals surface area contributed by atoms with Gasteiger partial charge in [-0.1, -0.05) is 93.6 Å². The minimum Gasteiger partial charge on any atom is -0.407 e. The highest BCUT2D eigenvalue weighted by atomic mass is 28.4. The first-order valence-electron chi connectivity index (χ1n) is 15.8. The van der Waals surface area contributed by atoms with E-state index in [1.807, 2.05) is 12.1 Å². The Kier molecular flexibility index (Phi) is 8.93. The molecule has 2 saturated heterocycles. The third-order valence-electron chi connectivity index (χ3n) is 10.1. The predicted octanol–water partition coefficient (Wildman–Crippen LogP) is 5.93. The van der Waals surface area contributed by atoms with Crippen LogP contribution < -0.4 is 10.4 Å². The van der Waals surface area contributed by atoms with Crippen molar-refractivity contribution < 1.29 is 28.1 Å². The Morgan fingerprint density at radius 1 is 0.907 bits per heavy atom. The van der Waals surface area contributed by atoms with Gasteiger partial charge in [0.25, 0.3) is 8.32 Å². The lowest BCUT2D eigenvalue weighted by atomic mass is 9.68. The van der Waals surface area contributed by atoms with E-state index in [9.17, 15) is 9.50 Å². The van der Waals surface area contributed by atoms with E-state index in [2.05, 4.69) is 81.4 Å². The summed E-state index contributed by atoms with van der Waals surface area (Å²) in [5.41, 5.74) is 0.600. The lowest BCUT2D eigenvalue weighted by Gasteiger charge is -2.46. The molecule has 3 aliphatic rings. The van der Waals surface area contributed by atoms with Crippen molar-refractivity contribution in [3.63, 3.8) is 0 Å². The zero-order valence-electron chi connectivity index (χ0n) is 25.6. The molecule has 2 unspecified atom stereocenters. The van der Waals surface area contributed by atoms with Gasteiger partial charge in [0.05, 0.1) is 12.7 Å². The molecule has 0 aromatic heterocycles. The van der Waals surface area contributed by atoms with Gasteiger partial charge in [-0.15, -0.1) is 0 Å². The Morgan fingerprint density at radius 2 is 1.56 bits per heavy atom. The zero-order chi connectivity index (χ0) is 30.1. The van der Waals surface area contributed by atoms with Crippen LogP contribution in [0.3, 0.4) is 0 Å². The number of hydrogen-bond acceptors (Lipinski definition) is 5. The Morgan fingerprint density at radius 3 is 2.14 bits per heavy atom. The maximum absolute atomic E-state index is 14.1. The van der Waals surface area contributed by atoms with Gasteiger partial charge in [-0.05, 0) is 64.7 Å². The highest BCUT2D eigenvalue weighted by Gasteiger charge is 2.59. The number of aliphatic hydroxyl groups is 1. The van der Waals surface area contributed by atoms with Gasteiger partial charge >= 0.3 is 0 Å². The average molecular weight is 605 g/mol. The van der Waals surface area contributed by atoms with Gasteiger partial charge in [0.15, 0.2) is 12.6 Å². The first-order valence-corrected chi connectivity index (χ1v) is 17.7. The van der Waals surface area contributed by atoms with E-state index in [0.717, 1.165) is 24.8 Å². The molecule has 2 aliphatic heterocycles. The van der Waals surface area contributed by atoms with Gasteiger partial charge in [0.1, 0.15) is 5.82 Å². The molecule has 0 bridgehead atoms. The molecule has 3 fully saturated rings. The summed E-state index contributed by atoms with van der Waals surface area (Å²) >= 11 is 0. The van der Waals surface area contributed by atoms with Crippen LogP contribution in [-0.4, -0.2) is 51.9 Å². The Labute approximate surface area is 256 Å². The highest BCUT2D eigenvalue weighted by Crippen LogP contribution is 2.55. The number of fused-ring (bicyclic) bond motifs is 1. The summed E-state index contributed by atoms with van der Waals surface area (Å²) in [6, 6.07) is 28.2. The minimum atomic E-state index is -2.81. The number of aliphatic hydroxyl groups excluding tert-OH is 1. The maximum Gasteiger partial charge on any atom is 0.261 e. The summed E-state index contributed by atoms with van der Waals surface area (Å²) in [6.45, 7) is 8.40. The fourth-order valence-corrected chi connectivity index (χ4v) is 12.6. The van der Waals surface area contributed by atoms with E-state index in [-0.39, 0.29) is 35.1 Å². The topological polar surface area (TPSA) is 57.2 Å². The molecular formula is C36H45FO5Si. The maximum atomic E-state index is 14.1. The predicted molar refractivity (Wildman–Crippen MR) is 168 cm³/mol. The molecule has 1 saturated carbocycles. The molecule has 0 spiro atoms. The molecule has 6 atom stereocenters. The van der Waals surface area contributed by atoms with E-state index in [1.54, 1.807) is 0 Å². The van der Waals surface area contributed by atoms with Crippen molar-refractivity contribution >= 4 is 18.7 Å². The second kappa shape index (κ2) is 12.5. The third kappa shape index (κ3) is 5.88.